The fourth-order valence-electron chi connectivity index (χ4n) is 2.86. The molecule has 4 heteroatoms. The summed E-state index contributed by atoms with van der Waals surface area (Å²) in [5.41, 5.74) is 13.4. The van der Waals surface area contributed by atoms with Gasteiger partial charge in [0.05, 0.1) is 11.4 Å². The standard InChI is InChI=1S/C18H18N2O2/c19-14-6-4-12(10-16(14)21)18(8-2-1-3-9-18)13-5-7-15(20)17(22)11-13/h1-8,10-11,21-22H,9,19-20H2. The van der Waals surface area contributed by atoms with Crippen LogP contribution in [0.3, 0.4) is 0 Å². The number of phenolic OH excluding ortho intramolecular Hbond substituents is 2. The van der Waals surface area contributed by atoms with Crippen LogP contribution in [-0.4, -0.2) is 10.2 Å². The smallest absolute Gasteiger partial charge is 0.138 e. The van der Waals surface area contributed by atoms with Crippen molar-refractivity contribution in [2.45, 2.75) is 11.8 Å². The molecule has 0 saturated heterocycles. The van der Waals surface area contributed by atoms with Crippen molar-refractivity contribution in [1.29, 1.82) is 0 Å². The largest absolute Gasteiger partial charge is 0.506 e. The Morgan fingerprint density at radius 2 is 1.36 bits per heavy atom. The summed E-state index contributed by atoms with van der Waals surface area (Å²) in [6, 6.07) is 10.5. The Bertz CT molecular complexity index is 727. The maximum absolute atomic E-state index is 9.95. The maximum atomic E-state index is 9.95. The van der Waals surface area contributed by atoms with Crippen LogP contribution >= 0.6 is 0 Å². The number of nitrogens with two attached hydrogens (primary N) is 2. The van der Waals surface area contributed by atoms with Crippen LogP contribution in [0.5, 0.6) is 11.5 Å². The molecule has 0 radical (unpaired) electrons. The van der Waals surface area contributed by atoms with Crippen LogP contribution in [0.2, 0.25) is 0 Å². The third kappa shape index (κ3) is 2.19. The Morgan fingerprint density at radius 1 is 0.818 bits per heavy atom. The number of hydrogen-bond donors (Lipinski definition) is 4. The van der Waals surface area contributed by atoms with Crippen LogP contribution in [0.4, 0.5) is 11.4 Å². The molecule has 0 bridgehead atoms. The van der Waals surface area contributed by atoms with Gasteiger partial charge in [-0.25, -0.2) is 0 Å². The summed E-state index contributed by atoms with van der Waals surface area (Å²) >= 11 is 0. The van der Waals surface area contributed by atoms with Gasteiger partial charge in [0.1, 0.15) is 11.5 Å². The number of anilines is 2. The molecule has 4 nitrogen and oxygen atoms in total. The summed E-state index contributed by atoms with van der Waals surface area (Å²) in [6.45, 7) is 0. The molecule has 0 atom stereocenters. The molecular formula is C18H18N2O2. The first-order valence-corrected chi connectivity index (χ1v) is 7.05. The first-order chi connectivity index (χ1) is 10.5. The Kier molecular flexibility index (Phi) is 3.29. The van der Waals surface area contributed by atoms with Gasteiger partial charge in [0.15, 0.2) is 0 Å². The van der Waals surface area contributed by atoms with Crippen molar-refractivity contribution < 1.29 is 10.2 Å². The average Bonchev–Trinajstić information content (AvgIpc) is 2.53. The molecule has 1 aliphatic carbocycles. The zero-order valence-corrected chi connectivity index (χ0v) is 12.0. The highest BCUT2D eigenvalue weighted by atomic mass is 16.3. The maximum Gasteiger partial charge on any atom is 0.138 e. The number of rotatable bonds is 2. The Labute approximate surface area is 129 Å². The molecule has 3 rings (SSSR count). The van der Waals surface area contributed by atoms with Gasteiger partial charge in [-0.05, 0) is 41.8 Å². The Hall–Kier alpha value is -2.88. The molecule has 0 heterocycles. The van der Waals surface area contributed by atoms with E-state index >= 15 is 0 Å². The van der Waals surface area contributed by atoms with Gasteiger partial charge < -0.3 is 21.7 Å². The number of hydrogen-bond acceptors (Lipinski definition) is 4. The predicted molar refractivity (Wildman–Crippen MR) is 88.7 cm³/mol. The third-order valence-corrected chi connectivity index (χ3v) is 4.16. The first-order valence-electron chi connectivity index (χ1n) is 7.05. The van der Waals surface area contributed by atoms with E-state index in [-0.39, 0.29) is 11.5 Å². The summed E-state index contributed by atoms with van der Waals surface area (Å²) in [5, 5.41) is 19.9. The summed E-state index contributed by atoms with van der Waals surface area (Å²) < 4.78 is 0. The van der Waals surface area contributed by atoms with E-state index in [0.29, 0.717) is 11.4 Å². The van der Waals surface area contributed by atoms with Gasteiger partial charge in [0, 0.05) is 5.41 Å². The summed E-state index contributed by atoms with van der Waals surface area (Å²) in [5.74, 6) is 0.110. The van der Waals surface area contributed by atoms with Gasteiger partial charge in [0.25, 0.3) is 0 Å². The van der Waals surface area contributed by atoms with Crippen LogP contribution < -0.4 is 11.5 Å². The lowest BCUT2D eigenvalue weighted by Gasteiger charge is -2.33. The van der Waals surface area contributed by atoms with Crippen LogP contribution in [0, 0.1) is 0 Å². The van der Waals surface area contributed by atoms with Crippen molar-refractivity contribution in [3.8, 4) is 11.5 Å². The van der Waals surface area contributed by atoms with Gasteiger partial charge in [-0.3, -0.25) is 0 Å². The van der Waals surface area contributed by atoms with E-state index in [0.717, 1.165) is 17.5 Å². The monoisotopic (exact) mass is 294 g/mol. The molecular weight excluding hydrogens is 276 g/mol. The van der Waals surface area contributed by atoms with Crippen LogP contribution in [0.25, 0.3) is 0 Å². The number of phenols is 2. The zero-order valence-electron chi connectivity index (χ0n) is 12.0. The van der Waals surface area contributed by atoms with Crippen LogP contribution in [0.15, 0.2) is 60.7 Å². The minimum atomic E-state index is -0.467. The Balaban J connectivity index is 2.20. The van der Waals surface area contributed by atoms with Crippen molar-refractivity contribution in [3.05, 3.63) is 71.8 Å². The lowest BCUT2D eigenvalue weighted by atomic mass is 9.70. The van der Waals surface area contributed by atoms with Gasteiger partial charge in [-0.15, -0.1) is 0 Å². The van der Waals surface area contributed by atoms with E-state index in [1.807, 2.05) is 24.3 Å². The number of benzene rings is 2. The summed E-state index contributed by atoms with van der Waals surface area (Å²) in [7, 11) is 0. The second-order valence-electron chi connectivity index (χ2n) is 5.51. The fourth-order valence-corrected chi connectivity index (χ4v) is 2.86. The minimum absolute atomic E-state index is 0.0551. The zero-order chi connectivity index (χ0) is 15.7. The van der Waals surface area contributed by atoms with E-state index in [2.05, 4.69) is 12.2 Å². The highest BCUT2D eigenvalue weighted by Crippen LogP contribution is 2.43. The predicted octanol–water partition coefficient (Wildman–Crippen LogP) is 3.06. The quantitative estimate of drug-likeness (QED) is 0.506. The molecule has 0 saturated carbocycles. The average molecular weight is 294 g/mol. The van der Waals surface area contributed by atoms with Gasteiger partial charge in [-0.2, -0.15) is 0 Å². The second kappa shape index (κ2) is 5.15. The molecule has 2 aromatic rings. The lowest BCUT2D eigenvalue weighted by molar-refractivity contribution is 0.473. The van der Waals surface area contributed by atoms with Gasteiger partial charge in [-0.1, -0.05) is 36.4 Å². The first kappa shape index (κ1) is 14.1. The second-order valence-corrected chi connectivity index (χ2v) is 5.51. The van der Waals surface area contributed by atoms with E-state index in [1.165, 1.54) is 0 Å². The highest BCUT2D eigenvalue weighted by molar-refractivity contribution is 5.61. The van der Waals surface area contributed by atoms with Gasteiger partial charge in [0.2, 0.25) is 0 Å². The van der Waals surface area contributed by atoms with E-state index < -0.39 is 5.41 Å². The molecule has 22 heavy (non-hydrogen) atoms. The van der Waals surface area contributed by atoms with Crippen LogP contribution in [-0.2, 0) is 5.41 Å². The van der Waals surface area contributed by atoms with Gasteiger partial charge >= 0.3 is 0 Å². The Morgan fingerprint density at radius 3 is 1.77 bits per heavy atom. The molecule has 1 aliphatic rings. The number of aromatic hydroxyl groups is 2. The molecule has 0 aromatic heterocycles. The van der Waals surface area contributed by atoms with Crippen molar-refractivity contribution in [2.24, 2.45) is 0 Å². The molecule has 0 aliphatic heterocycles. The molecule has 2 aromatic carbocycles. The van der Waals surface area contributed by atoms with E-state index in [4.69, 9.17) is 11.5 Å². The molecule has 6 N–H and O–H groups in total. The summed E-state index contributed by atoms with van der Waals surface area (Å²) in [4.78, 5) is 0. The molecule has 0 spiro atoms. The fraction of sp³-hybridized carbons (Fsp3) is 0.111. The number of nitrogen functional groups attached to an aromatic ring is 2. The van der Waals surface area contributed by atoms with E-state index in [9.17, 15) is 10.2 Å². The van der Waals surface area contributed by atoms with Crippen molar-refractivity contribution in [3.63, 3.8) is 0 Å². The highest BCUT2D eigenvalue weighted by Gasteiger charge is 2.32. The topological polar surface area (TPSA) is 92.5 Å². The summed E-state index contributed by atoms with van der Waals surface area (Å²) in [6.07, 6.45) is 8.77. The normalized spacial score (nSPS) is 15.8. The van der Waals surface area contributed by atoms with Crippen LogP contribution in [0.1, 0.15) is 17.5 Å². The lowest BCUT2D eigenvalue weighted by Crippen LogP contribution is -2.26. The van der Waals surface area contributed by atoms with Crippen molar-refractivity contribution >= 4 is 11.4 Å². The molecule has 0 unspecified atom stereocenters. The molecule has 0 fully saturated rings. The third-order valence-electron chi connectivity index (χ3n) is 4.16. The van der Waals surface area contributed by atoms with Crippen molar-refractivity contribution in [1.82, 2.24) is 0 Å². The molecule has 112 valence electrons. The van der Waals surface area contributed by atoms with E-state index in [1.54, 1.807) is 24.3 Å². The van der Waals surface area contributed by atoms with Crippen molar-refractivity contribution in [2.75, 3.05) is 11.5 Å². The minimum Gasteiger partial charge on any atom is -0.506 e. The SMILES string of the molecule is Nc1ccc(C2(c3ccc(N)c(O)c3)C=CC=CC2)cc1O. The number of allylic oxidation sites excluding steroid dienone is 4. The molecule has 0 amide bonds.